The van der Waals surface area contributed by atoms with E-state index in [1.807, 2.05) is 12.5 Å². The lowest BCUT2D eigenvalue weighted by Gasteiger charge is -2.09. The molecule has 1 heterocycles. The average molecular weight is 249 g/mol. The number of halogens is 1. The first-order chi connectivity index (χ1) is 5.65. The van der Waals surface area contributed by atoms with E-state index in [0.717, 1.165) is 16.3 Å². The topological polar surface area (TPSA) is 17.8 Å². The van der Waals surface area contributed by atoms with Crippen molar-refractivity contribution < 1.29 is 0 Å². The molecule has 0 aromatic carbocycles. The zero-order valence-corrected chi connectivity index (χ0v) is 9.94. The molecular weight excluding hydrogens is 236 g/mol. The summed E-state index contributed by atoms with van der Waals surface area (Å²) in [6.45, 7) is 5.43. The van der Waals surface area contributed by atoms with Crippen LogP contribution in [-0.4, -0.2) is 15.8 Å². The maximum atomic E-state index is 4.27. The first kappa shape index (κ1) is 10.1. The van der Waals surface area contributed by atoms with Gasteiger partial charge in [-0.3, -0.25) is 0 Å². The van der Waals surface area contributed by atoms with Gasteiger partial charge in [-0.15, -0.1) is 0 Å². The molecule has 0 saturated carbocycles. The molecule has 12 heavy (non-hydrogen) atoms. The van der Waals surface area contributed by atoms with Crippen molar-refractivity contribution in [1.82, 2.24) is 9.55 Å². The zero-order chi connectivity index (χ0) is 9.14. The molecular formula is C8H13BrN2S. The number of imidazole rings is 1. The van der Waals surface area contributed by atoms with Crippen molar-refractivity contribution in [3.05, 3.63) is 10.8 Å². The van der Waals surface area contributed by atoms with Crippen LogP contribution >= 0.6 is 27.7 Å². The lowest BCUT2D eigenvalue weighted by molar-refractivity contribution is 0.488. The van der Waals surface area contributed by atoms with Crippen LogP contribution in [0.5, 0.6) is 0 Å². The number of hydrogen-bond acceptors (Lipinski definition) is 2. The Morgan fingerprint density at radius 1 is 1.67 bits per heavy atom. The highest BCUT2D eigenvalue weighted by atomic mass is 79.9. The van der Waals surface area contributed by atoms with Crippen LogP contribution in [0.25, 0.3) is 0 Å². The van der Waals surface area contributed by atoms with Crippen molar-refractivity contribution >= 4 is 27.7 Å². The summed E-state index contributed by atoms with van der Waals surface area (Å²) in [4.78, 5) is 4.27. The Hall–Kier alpha value is 0.0400. The van der Waals surface area contributed by atoms with E-state index in [9.17, 15) is 0 Å². The predicted molar refractivity (Wildman–Crippen MR) is 56.5 cm³/mol. The van der Waals surface area contributed by atoms with Gasteiger partial charge in [0.15, 0.2) is 5.16 Å². The maximum Gasteiger partial charge on any atom is 0.168 e. The third-order valence-corrected chi connectivity index (χ3v) is 2.82. The molecule has 0 radical (unpaired) electrons. The Labute approximate surface area is 85.9 Å². The summed E-state index contributed by atoms with van der Waals surface area (Å²) in [5.41, 5.74) is 0. The number of nitrogens with zero attached hydrogens (tertiary/aromatic N) is 2. The molecule has 0 spiro atoms. The summed E-state index contributed by atoms with van der Waals surface area (Å²) >= 11 is 5.15. The van der Waals surface area contributed by atoms with Gasteiger partial charge in [0.05, 0.1) is 6.20 Å². The van der Waals surface area contributed by atoms with Crippen LogP contribution in [0.3, 0.4) is 0 Å². The molecule has 0 bridgehead atoms. The van der Waals surface area contributed by atoms with Crippen LogP contribution in [0.2, 0.25) is 0 Å². The van der Waals surface area contributed by atoms with Crippen LogP contribution in [0, 0.1) is 5.92 Å². The fraction of sp³-hybridized carbons (Fsp3) is 0.625. The van der Waals surface area contributed by atoms with Gasteiger partial charge in [-0.1, -0.05) is 25.6 Å². The molecule has 0 aliphatic rings. The third kappa shape index (κ3) is 2.26. The van der Waals surface area contributed by atoms with Crippen LogP contribution in [0.15, 0.2) is 16.0 Å². The first-order valence-electron chi connectivity index (χ1n) is 3.90. The first-order valence-corrected chi connectivity index (χ1v) is 5.92. The van der Waals surface area contributed by atoms with Crippen molar-refractivity contribution in [2.24, 2.45) is 5.92 Å². The van der Waals surface area contributed by atoms with E-state index >= 15 is 0 Å². The Balaban J connectivity index is 2.86. The van der Waals surface area contributed by atoms with Gasteiger partial charge < -0.3 is 4.57 Å². The Kier molecular flexibility index (Phi) is 3.65. The second kappa shape index (κ2) is 4.33. The number of rotatable bonds is 3. The van der Waals surface area contributed by atoms with E-state index in [1.165, 1.54) is 0 Å². The van der Waals surface area contributed by atoms with Crippen molar-refractivity contribution in [2.45, 2.75) is 25.5 Å². The van der Waals surface area contributed by atoms with Crippen molar-refractivity contribution in [1.29, 1.82) is 0 Å². The van der Waals surface area contributed by atoms with Crippen LogP contribution < -0.4 is 0 Å². The van der Waals surface area contributed by atoms with Gasteiger partial charge in [-0.25, -0.2) is 4.98 Å². The molecule has 0 amide bonds. The van der Waals surface area contributed by atoms with E-state index < -0.39 is 0 Å². The number of aromatic nitrogens is 2. The fourth-order valence-corrected chi connectivity index (χ4v) is 2.12. The molecule has 0 fully saturated rings. The fourth-order valence-electron chi connectivity index (χ4n) is 1.03. The van der Waals surface area contributed by atoms with Crippen LogP contribution in [0.1, 0.15) is 13.8 Å². The number of hydrogen-bond donors (Lipinski definition) is 0. The smallest absolute Gasteiger partial charge is 0.168 e. The molecule has 4 heteroatoms. The van der Waals surface area contributed by atoms with Gasteiger partial charge in [-0.05, 0) is 28.1 Å². The summed E-state index contributed by atoms with van der Waals surface area (Å²) in [6, 6.07) is 0. The van der Waals surface area contributed by atoms with E-state index in [1.54, 1.807) is 11.8 Å². The second-order valence-corrected chi connectivity index (χ2v) is 4.66. The Morgan fingerprint density at radius 2 is 2.33 bits per heavy atom. The van der Waals surface area contributed by atoms with Gasteiger partial charge in [0.25, 0.3) is 0 Å². The lowest BCUT2D eigenvalue weighted by atomic mass is 10.2. The molecule has 0 aliphatic heterocycles. The summed E-state index contributed by atoms with van der Waals surface area (Å²) in [5.74, 6) is 0.654. The Bertz CT molecular complexity index is 258. The normalized spacial score (nSPS) is 11.1. The van der Waals surface area contributed by atoms with E-state index in [2.05, 4.69) is 39.3 Å². The van der Waals surface area contributed by atoms with Crippen LogP contribution in [0.4, 0.5) is 0 Å². The SMILES string of the molecule is CSc1ncc(Br)n1CC(C)C. The molecule has 0 unspecified atom stereocenters. The molecule has 0 N–H and O–H groups in total. The number of thioether (sulfide) groups is 1. The minimum Gasteiger partial charge on any atom is -0.313 e. The van der Waals surface area contributed by atoms with Crippen molar-refractivity contribution in [3.8, 4) is 0 Å². The molecule has 0 aliphatic carbocycles. The molecule has 1 rings (SSSR count). The minimum absolute atomic E-state index is 0.654. The van der Waals surface area contributed by atoms with Crippen LogP contribution in [-0.2, 0) is 6.54 Å². The van der Waals surface area contributed by atoms with E-state index in [-0.39, 0.29) is 0 Å². The molecule has 1 aromatic rings. The zero-order valence-electron chi connectivity index (χ0n) is 7.54. The quantitative estimate of drug-likeness (QED) is 0.766. The molecule has 0 saturated heterocycles. The highest BCUT2D eigenvalue weighted by Gasteiger charge is 2.07. The monoisotopic (exact) mass is 248 g/mol. The molecule has 68 valence electrons. The maximum absolute atomic E-state index is 4.27. The standard InChI is InChI=1S/C8H13BrN2S/c1-6(2)5-11-7(9)4-10-8(11)12-3/h4,6H,5H2,1-3H3. The minimum atomic E-state index is 0.654. The largest absolute Gasteiger partial charge is 0.313 e. The summed E-state index contributed by atoms with van der Waals surface area (Å²) < 4.78 is 3.26. The lowest BCUT2D eigenvalue weighted by Crippen LogP contribution is -2.05. The van der Waals surface area contributed by atoms with Crippen molar-refractivity contribution in [2.75, 3.05) is 6.26 Å². The third-order valence-electron chi connectivity index (χ3n) is 1.50. The van der Waals surface area contributed by atoms with Gasteiger partial charge in [-0.2, -0.15) is 0 Å². The Morgan fingerprint density at radius 3 is 2.83 bits per heavy atom. The van der Waals surface area contributed by atoms with E-state index in [4.69, 9.17) is 0 Å². The van der Waals surface area contributed by atoms with Gasteiger partial charge in [0, 0.05) is 6.54 Å². The average Bonchev–Trinajstić information content (AvgIpc) is 2.32. The van der Waals surface area contributed by atoms with E-state index in [0.29, 0.717) is 5.92 Å². The summed E-state index contributed by atoms with van der Waals surface area (Å²) in [7, 11) is 0. The summed E-state index contributed by atoms with van der Waals surface area (Å²) in [5, 5.41) is 1.08. The molecule has 1 aromatic heterocycles. The van der Waals surface area contributed by atoms with Gasteiger partial charge in [0.2, 0.25) is 0 Å². The van der Waals surface area contributed by atoms with Gasteiger partial charge >= 0.3 is 0 Å². The highest BCUT2D eigenvalue weighted by Crippen LogP contribution is 2.20. The predicted octanol–water partition coefficient (Wildman–Crippen LogP) is 3.02. The van der Waals surface area contributed by atoms with Gasteiger partial charge in [0.1, 0.15) is 4.60 Å². The molecule has 2 nitrogen and oxygen atoms in total. The second-order valence-electron chi connectivity index (χ2n) is 3.07. The highest BCUT2D eigenvalue weighted by molar-refractivity contribution is 9.10. The van der Waals surface area contributed by atoms with Crippen molar-refractivity contribution in [3.63, 3.8) is 0 Å². The molecule has 0 atom stereocenters. The summed E-state index contributed by atoms with van der Waals surface area (Å²) in [6.07, 6.45) is 3.90.